The summed E-state index contributed by atoms with van der Waals surface area (Å²) in [6.07, 6.45) is 1.56. The molecule has 6 nitrogen and oxygen atoms in total. The number of H-pyrrole nitrogens is 1. The Kier molecular flexibility index (Phi) is 5.10. The second-order valence-electron chi connectivity index (χ2n) is 5.48. The van der Waals surface area contributed by atoms with Gasteiger partial charge in [0.15, 0.2) is 0 Å². The van der Waals surface area contributed by atoms with E-state index in [9.17, 15) is 4.79 Å². The molecule has 7 heteroatoms. The molecule has 0 fully saturated rings. The molecular weight excluding hydrogens is 324 g/mol. The minimum Gasteiger partial charge on any atom is -0.416 e. The van der Waals surface area contributed by atoms with Crippen molar-refractivity contribution in [2.24, 2.45) is 0 Å². The Morgan fingerprint density at radius 2 is 2.00 bits per heavy atom. The number of thioether (sulfide) groups is 1. The molecule has 0 saturated carbocycles. The molecule has 3 rings (SSSR count). The van der Waals surface area contributed by atoms with Gasteiger partial charge in [-0.15, -0.1) is 10.2 Å². The van der Waals surface area contributed by atoms with Gasteiger partial charge in [-0.3, -0.25) is 4.79 Å². The quantitative estimate of drug-likeness (QED) is 0.693. The maximum absolute atomic E-state index is 11.5. The normalized spacial score (nSPS) is 12.2. The van der Waals surface area contributed by atoms with Crippen molar-refractivity contribution in [3.63, 3.8) is 0 Å². The molecule has 1 aromatic carbocycles. The molecule has 0 aliphatic heterocycles. The lowest BCUT2D eigenvalue weighted by molar-refractivity contribution is 0.412. The Bertz CT molecular complexity index is 860. The van der Waals surface area contributed by atoms with Crippen LogP contribution >= 0.6 is 11.8 Å². The van der Waals surface area contributed by atoms with Crippen LogP contribution in [0.1, 0.15) is 35.1 Å². The van der Waals surface area contributed by atoms with Crippen molar-refractivity contribution in [2.75, 3.05) is 0 Å². The van der Waals surface area contributed by atoms with Gasteiger partial charge in [-0.25, -0.2) is 4.98 Å². The van der Waals surface area contributed by atoms with Crippen LogP contribution in [0, 0.1) is 6.92 Å². The van der Waals surface area contributed by atoms with Gasteiger partial charge < -0.3 is 9.40 Å². The zero-order valence-electron chi connectivity index (χ0n) is 13.5. The van der Waals surface area contributed by atoms with E-state index >= 15 is 0 Å². The predicted molar refractivity (Wildman–Crippen MR) is 92.0 cm³/mol. The molecule has 1 N–H and O–H groups in total. The van der Waals surface area contributed by atoms with Gasteiger partial charge in [0, 0.05) is 18.2 Å². The monoisotopic (exact) mass is 342 g/mol. The minimum absolute atomic E-state index is 0.0833. The first-order valence-electron chi connectivity index (χ1n) is 7.71. The zero-order valence-corrected chi connectivity index (χ0v) is 14.3. The number of nitrogens with one attached hydrogen (secondary N) is 1. The van der Waals surface area contributed by atoms with Gasteiger partial charge in [-0.05, 0) is 25.8 Å². The van der Waals surface area contributed by atoms with Crippen LogP contribution in [-0.2, 0) is 12.8 Å². The predicted octanol–water partition coefficient (Wildman–Crippen LogP) is 3.10. The summed E-state index contributed by atoms with van der Waals surface area (Å²) in [6, 6.07) is 11.6. The van der Waals surface area contributed by atoms with Crippen molar-refractivity contribution in [3.8, 4) is 0 Å². The summed E-state index contributed by atoms with van der Waals surface area (Å²) < 4.78 is 5.68. The second-order valence-corrected chi connectivity index (χ2v) is 6.77. The van der Waals surface area contributed by atoms with Crippen LogP contribution in [0.3, 0.4) is 0 Å². The third-order valence-electron chi connectivity index (χ3n) is 3.47. The van der Waals surface area contributed by atoms with E-state index in [1.807, 2.05) is 25.1 Å². The van der Waals surface area contributed by atoms with E-state index < -0.39 is 0 Å². The summed E-state index contributed by atoms with van der Waals surface area (Å²) in [7, 11) is 0. The third kappa shape index (κ3) is 4.32. The fourth-order valence-corrected chi connectivity index (χ4v) is 3.04. The smallest absolute Gasteiger partial charge is 0.277 e. The van der Waals surface area contributed by atoms with E-state index in [-0.39, 0.29) is 10.8 Å². The number of aromatic nitrogens is 4. The molecule has 2 aromatic heterocycles. The largest absolute Gasteiger partial charge is 0.416 e. The zero-order chi connectivity index (χ0) is 16.9. The topological polar surface area (TPSA) is 84.7 Å². The van der Waals surface area contributed by atoms with Gasteiger partial charge in [0.2, 0.25) is 5.89 Å². The fourth-order valence-electron chi connectivity index (χ4n) is 2.28. The van der Waals surface area contributed by atoms with Crippen LogP contribution in [0.2, 0.25) is 0 Å². The van der Waals surface area contributed by atoms with Gasteiger partial charge >= 0.3 is 0 Å². The maximum atomic E-state index is 11.5. The number of hydrogen-bond donors (Lipinski definition) is 1. The van der Waals surface area contributed by atoms with Crippen molar-refractivity contribution >= 4 is 11.8 Å². The van der Waals surface area contributed by atoms with Crippen LogP contribution < -0.4 is 5.56 Å². The Balaban J connectivity index is 1.62. The van der Waals surface area contributed by atoms with Crippen molar-refractivity contribution < 1.29 is 4.42 Å². The molecule has 124 valence electrons. The average molecular weight is 342 g/mol. The molecule has 1 atom stereocenters. The summed E-state index contributed by atoms with van der Waals surface area (Å²) in [5, 5.41) is 8.55. The van der Waals surface area contributed by atoms with Gasteiger partial charge in [0.25, 0.3) is 10.8 Å². The Morgan fingerprint density at radius 3 is 2.75 bits per heavy atom. The highest BCUT2D eigenvalue weighted by atomic mass is 32.2. The molecule has 24 heavy (non-hydrogen) atoms. The number of rotatable bonds is 6. The van der Waals surface area contributed by atoms with E-state index in [2.05, 4.69) is 32.3 Å². The lowest BCUT2D eigenvalue weighted by Gasteiger charge is -2.07. The van der Waals surface area contributed by atoms with Gasteiger partial charge in [-0.1, -0.05) is 42.1 Å². The molecule has 0 unspecified atom stereocenters. The Hall–Kier alpha value is -2.41. The van der Waals surface area contributed by atoms with Crippen molar-refractivity contribution in [1.29, 1.82) is 0 Å². The molecule has 0 amide bonds. The van der Waals surface area contributed by atoms with Crippen LogP contribution in [0.4, 0.5) is 0 Å². The number of hydrogen-bond acceptors (Lipinski definition) is 6. The Morgan fingerprint density at radius 1 is 1.21 bits per heavy atom. The molecule has 0 aliphatic carbocycles. The second kappa shape index (κ2) is 7.44. The van der Waals surface area contributed by atoms with Gasteiger partial charge in [0.1, 0.15) is 5.82 Å². The lowest BCUT2D eigenvalue weighted by atomic mass is 10.1. The first-order chi connectivity index (χ1) is 11.6. The molecule has 0 radical (unpaired) electrons. The number of nitrogens with zero attached hydrogens (tertiary/aromatic N) is 3. The van der Waals surface area contributed by atoms with E-state index in [0.29, 0.717) is 29.1 Å². The SMILES string of the molecule is Cc1cc(=O)[nH]c([C@H](C)Sc2nnc(CCc3ccccc3)o2)n1. The minimum atomic E-state index is -0.154. The fraction of sp³-hybridized carbons (Fsp3) is 0.294. The molecule has 3 aromatic rings. The first kappa shape index (κ1) is 16.4. The highest BCUT2D eigenvalue weighted by molar-refractivity contribution is 7.99. The summed E-state index contributed by atoms with van der Waals surface area (Å²) in [6.45, 7) is 3.74. The highest BCUT2D eigenvalue weighted by Crippen LogP contribution is 2.31. The standard InChI is InChI=1S/C17H18N4O2S/c1-11-10-14(22)19-16(18-11)12(2)24-17-21-20-15(23-17)9-8-13-6-4-3-5-7-13/h3-7,10,12H,8-9H2,1-2H3,(H,18,19,22)/t12-/m0/s1. The van der Waals surface area contributed by atoms with E-state index in [4.69, 9.17) is 4.42 Å². The van der Waals surface area contributed by atoms with Crippen LogP contribution in [0.25, 0.3) is 0 Å². The molecule has 0 aliphatic rings. The van der Waals surface area contributed by atoms with Crippen molar-refractivity contribution in [3.05, 3.63) is 69.7 Å². The average Bonchev–Trinajstić information content (AvgIpc) is 3.00. The Labute approximate surface area is 143 Å². The number of benzene rings is 1. The molecule has 0 bridgehead atoms. The lowest BCUT2D eigenvalue weighted by Crippen LogP contribution is -2.12. The summed E-state index contributed by atoms with van der Waals surface area (Å²) in [4.78, 5) is 18.6. The summed E-state index contributed by atoms with van der Waals surface area (Å²) in [5.41, 5.74) is 1.77. The van der Waals surface area contributed by atoms with Crippen LogP contribution in [0.15, 0.2) is 50.8 Å². The summed E-state index contributed by atoms with van der Waals surface area (Å²) >= 11 is 1.38. The number of aromatic amines is 1. The molecule has 0 saturated heterocycles. The van der Waals surface area contributed by atoms with E-state index in [1.165, 1.54) is 23.4 Å². The van der Waals surface area contributed by atoms with Gasteiger partial charge in [-0.2, -0.15) is 0 Å². The summed E-state index contributed by atoms with van der Waals surface area (Å²) in [5.74, 6) is 1.22. The maximum Gasteiger partial charge on any atom is 0.277 e. The molecule has 0 spiro atoms. The van der Waals surface area contributed by atoms with Crippen molar-refractivity contribution in [2.45, 2.75) is 37.2 Å². The van der Waals surface area contributed by atoms with E-state index in [0.717, 1.165) is 6.42 Å². The van der Waals surface area contributed by atoms with E-state index in [1.54, 1.807) is 6.92 Å². The molecule has 2 heterocycles. The first-order valence-corrected chi connectivity index (χ1v) is 8.59. The third-order valence-corrected chi connectivity index (χ3v) is 4.41. The molecular formula is C17H18N4O2S. The number of aryl methyl sites for hydroxylation is 3. The highest BCUT2D eigenvalue weighted by Gasteiger charge is 2.15. The van der Waals surface area contributed by atoms with Gasteiger partial charge in [0.05, 0.1) is 5.25 Å². The van der Waals surface area contributed by atoms with Crippen LogP contribution in [0.5, 0.6) is 0 Å². The van der Waals surface area contributed by atoms with Crippen LogP contribution in [-0.4, -0.2) is 20.2 Å². The van der Waals surface area contributed by atoms with Crippen molar-refractivity contribution in [1.82, 2.24) is 20.2 Å².